The fourth-order valence-corrected chi connectivity index (χ4v) is 4.37. The number of thiophene rings is 1. The first-order valence-corrected chi connectivity index (χ1v) is 12.4. The Morgan fingerprint density at radius 2 is 1.89 bits per heavy atom. The molecule has 0 spiro atoms. The van der Waals surface area contributed by atoms with Crippen LogP contribution in [-0.2, 0) is 16.1 Å². The maximum absolute atomic E-state index is 13.8. The zero-order valence-electron chi connectivity index (χ0n) is 19.9. The first-order chi connectivity index (χ1) is 17.1. The van der Waals surface area contributed by atoms with Crippen molar-refractivity contribution in [3.8, 4) is 16.5 Å². The quantitative estimate of drug-likeness (QED) is 0.369. The number of carbonyl (C=O) groups is 2. The number of hydrogen-bond donors (Lipinski definition) is 2. The Bertz CT molecular complexity index is 1350. The van der Waals surface area contributed by atoms with Gasteiger partial charge in [0.05, 0.1) is 4.88 Å². The SMILES string of the molecule is CC(C)(C)NC(=O)[C@H](c1ccc(Cl)cc1)N(C(=O)Cn1nnc(-c2cccs2)n1)c1cccc(O)c1. The summed E-state index contributed by atoms with van der Waals surface area (Å²) in [6.45, 7) is 5.29. The van der Waals surface area contributed by atoms with Crippen molar-refractivity contribution in [3.05, 3.63) is 76.6 Å². The molecule has 0 fully saturated rings. The molecule has 2 amide bonds. The van der Waals surface area contributed by atoms with E-state index in [-0.39, 0.29) is 12.3 Å². The van der Waals surface area contributed by atoms with Gasteiger partial charge in [0, 0.05) is 22.3 Å². The molecule has 1 atom stereocenters. The average Bonchev–Trinajstić information content (AvgIpc) is 3.49. The maximum atomic E-state index is 13.8. The van der Waals surface area contributed by atoms with E-state index in [1.54, 1.807) is 36.4 Å². The number of anilines is 1. The highest BCUT2D eigenvalue weighted by Gasteiger charge is 2.35. The number of tetrazole rings is 1. The largest absolute Gasteiger partial charge is 0.508 e. The molecule has 0 unspecified atom stereocenters. The number of halogens is 1. The van der Waals surface area contributed by atoms with Crippen molar-refractivity contribution in [1.29, 1.82) is 0 Å². The lowest BCUT2D eigenvalue weighted by Gasteiger charge is -2.33. The highest BCUT2D eigenvalue weighted by atomic mass is 35.5. The second kappa shape index (κ2) is 10.5. The first-order valence-electron chi connectivity index (χ1n) is 11.1. The van der Waals surface area contributed by atoms with Crippen molar-refractivity contribution >= 4 is 40.4 Å². The Morgan fingerprint density at radius 3 is 2.53 bits per heavy atom. The van der Waals surface area contributed by atoms with Crippen molar-refractivity contribution in [2.75, 3.05) is 4.90 Å². The molecule has 0 aliphatic rings. The van der Waals surface area contributed by atoms with Crippen molar-refractivity contribution in [3.63, 3.8) is 0 Å². The summed E-state index contributed by atoms with van der Waals surface area (Å²) in [6, 6.07) is 15.6. The molecule has 2 heterocycles. The minimum Gasteiger partial charge on any atom is -0.508 e. The van der Waals surface area contributed by atoms with Gasteiger partial charge >= 0.3 is 0 Å². The average molecular weight is 525 g/mol. The van der Waals surface area contributed by atoms with E-state index in [1.807, 2.05) is 38.3 Å². The van der Waals surface area contributed by atoms with Crippen molar-refractivity contribution in [2.24, 2.45) is 0 Å². The second-order valence-corrected chi connectivity index (χ2v) is 10.5. The molecule has 2 aromatic heterocycles. The van der Waals surface area contributed by atoms with Crippen LogP contribution in [0.2, 0.25) is 5.02 Å². The molecule has 36 heavy (non-hydrogen) atoms. The maximum Gasteiger partial charge on any atom is 0.251 e. The molecule has 2 N–H and O–H groups in total. The predicted octanol–water partition coefficient (Wildman–Crippen LogP) is 4.45. The van der Waals surface area contributed by atoms with E-state index < -0.39 is 23.4 Å². The fraction of sp³-hybridized carbons (Fsp3) is 0.240. The Balaban J connectivity index is 1.75. The Kier molecular flexibility index (Phi) is 7.37. The Morgan fingerprint density at radius 1 is 1.14 bits per heavy atom. The molecule has 4 rings (SSSR count). The van der Waals surface area contributed by atoms with Crippen molar-refractivity contribution < 1.29 is 14.7 Å². The van der Waals surface area contributed by atoms with Crippen LogP contribution in [0.4, 0.5) is 5.69 Å². The summed E-state index contributed by atoms with van der Waals surface area (Å²) in [5, 5.41) is 27.9. The molecular formula is C25H25ClN6O3S. The monoisotopic (exact) mass is 524 g/mol. The Labute approximate surface area is 217 Å². The third-order valence-corrected chi connectivity index (χ3v) is 6.16. The number of aromatic nitrogens is 4. The number of phenols is 1. The normalized spacial score (nSPS) is 12.2. The molecule has 4 aromatic rings. The minimum atomic E-state index is -1.06. The van der Waals surface area contributed by atoms with E-state index in [0.29, 0.717) is 22.1 Å². The van der Waals surface area contributed by atoms with Gasteiger partial charge in [-0.1, -0.05) is 35.9 Å². The molecule has 2 aromatic carbocycles. The highest BCUT2D eigenvalue weighted by molar-refractivity contribution is 7.13. The van der Waals surface area contributed by atoms with Crippen LogP contribution in [0.25, 0.3) is 10.7 Å². The van der Waals surface area contributed by atoms with Crippen LogP contribution in [0.15, 0.2) is 66.0 Å². The number of nitrogens with zero attached hydrogens (tertiary/aromatic N) is 5. The molecule has 0 bridgehead atoms. The van der Waals surface area contributed by atoms with E-state index in [4.69, 9.17) is 11.6 Å². The predicted molar refractivity (Wildman–Crippen MR) is 139 cm³/mol. The molecule has 9 nitrogen and oxygen atoms in total. The van der Waals surface area contributed by atoms with Crippen LogP contribution in [0, 0.1) is 0 Å². The summed E-state index contributed by atoms with van der Waals surface area (Å²) in [4.78, 5) is 30.7. The molecule has 11 heteroatoms. The van der Waals surface area contributed by atoms with Crippen LogP contribution in [0.3, 0.4) is 0 Å². The van der Waals surface area contributed by atoms with Crippen LogP contribution < -0.4 is 10.2 Å². The van der Waals surface area contributed by atoms with E-state index in [2.05, 4.69) is 20.7 Å². The third kappa shape index (κ3) is 6.07. The van der Waals surface area contributed by atoms with Crippen molar-refractivity contribution in [1.82, 2.24) is 25.5 Å². The number of nitrogens with one attached hydrogen (secondary N) is 1. The molecular weight excluding hydrogens is 500 g/mol. The first kappa shape index (κ1) is 25.3. The van der Waals surface area contributed by atoms with Gasteiger partial charge in [0.15, 0.2) is 0 Å². The summed E-state index contributed by atoms with van der Waals surface area (Å²) in [6.07, 6.45) is 0. The number of phenolic OH excluding ortho intramolecular Hbond substituents is 1. The summed E-state index contributed by atoms with van der Waals surface area (Å²) < 4.78 is 0. The van der Waals surface area contributed by atoms with Gasteiger partial charge in [-0.2, -0.15) is 4.80 Å². The van der Waals surface area contributed by atoms with Crippen LogP contribution >= 0.6 is 22.9 Å². The second-order valence-electron chi connectivity index (χ2n) is 9.10. The number of amides is 2. The lowest BCUT2D eigenvalue weighted by Crippen LogP contribution is -2.50. The lowest BCUT2D eigenvalue weighted by molar-refractivity contribution is -0.128. The molecule has 0 aliphatic heterocycles. The fourth-order valence-electron chi connectivity index (χ4n) is 3.59. The summed E-state index contributed by atoms with van der Waals surface area (Å²) in [5.74, 6) is -0.510. The number of carbonyl (C=O) groups excluding carboxylic acids is 2. The van der Waals surface area contributed by atoms with Crippen LogP contribution in [-0.4, -0.2) is 42.7 Å². The topological polar surface area (TPSA) is 113 Å². The highest BCUT2D eigenvalue weighted by Crippen LogP contribution is 2.31. The van der Waals surface area contributed by atoms with E-state index in [0.717, 1.165) is 4.88 Å². The van der Waals surface area contributed by atoms with Gasteiger partial charge < -0.3 is 10.4 Å². The van der Waals surface area contributed by atoms with Crippen LogP contribution in [0.5, 0.6) is 5.75 Å². The van der Waals surface area contributed by atoms with Gasteiger partial charge in [0.2, 0.25) is 11.7 Å². The zero-order chi connectivity index (χ0) is 25.9. The van der Waals surface area contributed by atoms with Crippen LogP contribution in [0.1, 0.15) is 32.4 Å². The number of benzene rings is 2. The molecule has 0 saturated carbocycles. The Hall–Kier alpha value is -3.76. The van der Waals surface area contributed by atoms with Gasteiger partial charge in [-0.25, -0.2) is 0 Å². The summed E-state index contributed by atoms with van der Waals surface area (Å²) in [7, 11) is 0. The van der Waals surface area contributed by atoms with E-state index >= 15 is 0 Å². The van der Waals surface area contributed by atoms with Gasteiger partial charge in [-0.15, -0.1) is 21.5 Å². The number of aromatic hydroxyl groups is 1. The van der Waals surface area contributed by atoms with E-state index in [1.165, 1.54) is 33.2 Å². The molecule has 0 radical (unpaired) electrons. The van der Waals surface area contributed by atoms with Gasteiger partial charge in [-0.3, -0.25) is 14.5 Å². The number of hydrogen-bond acceptors (Lipinski definition) is 7. The number of rotatable bonds is 7. The minimum absolute atomic E-state index is 0.0461. The molecule has 186 valence electrons. The molecule has 0 aliphatic carbocycles. The summed E-state index contributed by atoms with van der Waals surface area (Å²) >= 11 is 7.55. The summed E-state index contributed by atoms with van der Waals surface area (Å²) in [5.41, 5.74) is 0.324. The third-order valence-electron chi connectivity index (χ3n) is 5.04. The smallest absolute Gasteiger partial charge is 0.251 e. The van der Waals surface area contributed by atoms with Gasteiger partial charge in [0.1, 0.15) is 18.3 Å². The zero-order valence-corrected chi connectivity index (χ0v) is 21.5. The standard InChI is InChI=1S/C25H25ClN6O3S/c1-25(2,3)27-24(35)22(16-9-11-17(26)12-10-16)32(18-6-4-7-19(33)14-18)21(34)15-31-29-23(28-30-31)20-8-5-13-36-20/h4-14,22,33H,15H2,1-3H3,(H,27,35)/t22-/m0/s1. The van der Waals surface area contributed by atoms with Gasteiger partial charge in [-0.05, 0) is 67.3 Å². The lowest BCUT2D eigenvalue weighted by atomic mass is 10.0. The van der Waals surface area contributed by atoms with Gasteiger partial charge in [0.25, 0.3) is 5.91 Å². The molecule has 0 saturated heterocycles. The van der Waals surface area contributed by atoms with E-state index in [9.17, 15) is 14.7 Å². The van der Waals surface area contributed by atoms with Crippen molar-refractivity contribution in [2.45, 2.75) is 38.9 Å².